The molecule has 1 atom stereocenters. The van der Waals surface area contributed by atoms with Crippen molar-refractivity contribution in [2.75, 3.05) is 26.0 Å². The normalized spacial score (nSPS) is 27.6. The number of aliphatic hydroxyl groups excluding tert-OH is 1. The van der Waals surface area contributed by atoms with Crippen LogP contribution in [0.5, 0.6) is 0 Å². The van der Waals surface area contributed by atoms with Crippen LogP contribution < -0.4 is 0 Å². The first kappa shape index (κ1) is 10.9. The van der Waals surface area contributed by atoms with E-state index in [4.69, 9.17) is 5.11 Å². The average molecular weight is 203 g/mol. The van der Waals surface area contributed by atoms with Gasteiger partial charge in [0, 0.05) is 13.6 Å². The molecule has 0 spiro atoms. The zero-order chi connectivity index (χ0) is 9.90. The number of carbonyl (C=O) groups is 1. The summed E-state index contributed by atoms with van der Waals surface area (Å²) >= 11 is 1.73. The Morgan fingerprint density at radius 1 is 1.69 bits per heavy atom. The number of amides is 1. The van der Waals surface area contributed by atoms with E-state index in [9.17, 15) is 4.79 Å². The first-order valence-electron chi connectivity index (χ1n) is 4.60. The fraction of sp³-hybridized carbons (Fsp3) is 0.889. The second kappa shape index (κ2) is 4.33. The molecule has 1 unspecified atom stereocenters. The maximum atomic E-state index is 11.9. The third kappa shape index (κ3) is 2.38. The summed E-state index contributed by atoms with van der Waals surface area (Å²) in [6.07, 6.45) is 2.09. The van der Waals surface area contributed by atoms with Crippen LogP contribution in [0.1, 0.15) is 19.8 Å². The van der Waals surface area contributed by atoms with Gasteiger partial charge < -0.3 is 10.0 Å². The van der Waals surface area contributed by atoms with Gasteiger partial charge in [-0.3, -0.25) is 4.79 Å². The minimum atomic E-state index is -0.232. The molecule has 0 aromatic carbocycles. The molecule has 1 N–H and O–H groups in total. The summed E-state index contributed by atoms with van der Waals surface area (Å²) in [5.74, 6) is 1.24. The molecule has 0 radical (unpaired) electrons. The highest BCUT2D eigenvalue weighted by Crippen LogP contribution is 2.38. The van der Waals surface area contributed by atoms with Crippen LogP contribution in [0.4, 0.5) is 0 Å². The summed E-state index contributed by atoms with van der Waals surface area (Å²) in [6, 6.07) is 0. The zero-order valence-electron chi connectivity index (χ0n) is 8.25. The Balaban J connectivity index is 2.54. The second-order valence-electron chi connectivity index (χ2n) is 3.63. The summed E-state index contributed by atoms with van der Waals surface area (Å²) in [4.78, 5) is 13.5. The van der Waals surface area contributed by atoms with Gasteiger partial charge in [0.1, 0.15) is 0 Å². The fourth-order valence-electron chi connectivity index (χ4n) is 1.60. The van der Waals surface area contributed by atoms with Crippen molar-refractivity contribution in [2.45, 2.75) is 24.5 Å². The van der Waals surface area contributed by atoms with Gasteiger partial charge in [0.2, 0.25) is 5.91 Å². The van der Waals surface area contributed by atoms with Crippen LogP contribution in [-0.2, 0) is 4.79 Å². The van der Waals surface area contributed by atoms with Crippen molar-refractivity contribution in [1.29, 1.82) is 0 Å². The number of carbonyl (C=O) groups excluding carboxylic acids is 1. The first-order valence-corrected chi connectivity index (χ1v) is 5.59. The monoisotopic (exact) mass is 203 g/mol. The highest BCUT2D eigenvalue weighted by molar-refractivity contribution is 8.01. The van der Waals surface area contributed by atoms with Crippen molar-refractivity contribution >= 4 is 17.7 Å². The molecule has 1 aliphatic heterocycles. The van der Waals surface area contributed by atoms with Crippen LogP contribution in [-0.4, -0.2) is 46.6 Å². The van der Waals surface area contributed by atoms with E-state index in [2.05, 4.69) is 0 Å². The van der Waals surface area contributed by atoms with Crippen molar-refractivity contribution in [3.8, 4) is 0 Å². The summed E-state index contributed by atoms with van der Waals surface area (Å²) < 4.78 is -0.232. The number of likely N-dealkylation sites (N-methyl/N-ethyl adjacent to an activating group) is 1. The van der Waals surface area contributed by atoms with E-state index in [0.717, 1.165) is 18.6 Å². The topological polar surface area (TPSA) is 40.5 Å². The van der Waals surface area contributed by atoms with Crippen molar-refractivity contribution in [3.05, 3.63) is 0 Å². The van der Waals surface area contributed by atoms with Gasteiger partial charge in [0.25, 0.3) is 0 Å². The molecule has 0 saturated carbocycles. The van der Waals surface area contributed by atoms with Crippen LogP contribution in [0.15, 0.2) is 0 Å². The third-order valence-corrected chi connectivity index (χ3v) is 3.96. The quantitative estimate of drug-likeness (QED) is 0.735. The van der Waals surface area contributed by atoms with Crippen molar-refractivity contribution in [1.82, 2.24) is 4.90 Å². The molecule has 1 aliphatic rings. The molecule has 76 valence electrons. The van der Waals surface area contributed by atoms with Crippen LogP contribution in [0.3, 0.4) is 0 Å². The Bertz CT molecular complexity index is 190. The molecule has 0 bridgehead atoms. The minimum Gasteiger partial charge on any atom is -0.395 e. The van der Waals surface area contributed by atoms with Gasteiger partial charge in [-0.05, 0) is 25.5 Å². The Hall–Kier alpha value is -0.220. The van der Waals surface area contributed by atoms with Gasteiger partial charge >= 0.3 is 0 Å². The maximum Gasteiger partial charge on any atom is 0.238 e. The molecular weight excluding hydrogens is 186 g/mol. The zero-order valence-corrected chi connectivity index (χ0v) is 9.06. The first-order chi connectivity index (χ1) is 6.10. The van der Waals surface area contributed by atoms with Gasteiger partial charge in [-0.25, -0.2) is 0 Å². The lowest BCUT2D eigenvalue weighted by Gasteiger charge is -2.27. The van der Waals surface area contributed by atoms with Gasteiger partial charge in [-0.1, -0.05) is 0 Å². The predicted octanol–water partition coefficient (Wildman–Crippen LogP) is 0.723. The van der Waals surface area contributed by atoms with Gasteiger partial charge in [-0.15, -0.1) is 11.8 Å². The molecule has 1 amide bonds. The maximum absolute atomic E-state index is 11.9. The van der Waals surface area contributed by atoms with E-state index in [1.807, 2.05) is 6.92 Å². The van der Waals surface area contributed by atoms with E-state index in [0.29, 0.717) is 6.54 Å². The second-order valence-corrected chi connectivity index (χ2v) is 5.23. The van der Waals surface area contributed by atoms with Crippen molar-refractivity contribution in [3.63, 3.8) is 0 Å². The lowest BCUT2D eigenvalue weighted by atomic mass is 10.0. The minimum absolute atomic E-state index is 0.0446. The largest absolute Gasteiger partial charge is 0.395 e. The fourth-order valence-corrected chi connectivity index (χ4v) is 2.91. The number of thioether (sulfide) groups is 1. The van der Waals surface area contributed by atoms with E-state index in [1.54, 1.807) is 23.7 Å². The Morgan fingerprint density at radius 2 is 2.38 bits per heavy atom. The molecule has 1 rings (SSSR count). The number of hydrogen-bond acceptors (Lipinski definition) is 3. The van der Waals surface area contributed by atoms with Crippen LogP contribution in [0.2, 0.25) is 0 Å². The molecule has 1 saturated heterocycles. The van der Waals surface area contributed by atoms with Gasteiger partial charge in [0.05, 0.1) is 11.4 Å². The number of aliphatic hydroxyl groups is 1. The average Bonchev–Trinajstić information content (AvgIpc) is 2.52. The molecule has 1 fully saturated rings. The predicted molar refractivity (Wildman–Crippen MR) is 54.8 cm³/mol. The van der Waals surface area contributed by atoms with Crippen molar-refractivity contribution in [2.24, 2.45) is 0 Å². The molecule has 0 aliphatic carbocycles. The number of nitrogens with zero attached hydrogens (tertiary/aromatic N) is 1. The smallest absolute Gasteiger partial charge is 0.238 e. The third-order valence-electron chi connectivity index (χ3n) is 2.45. The summed E-state index contributed by atoms with van der Waals surface area (Å²) in [5, 5.41) is 8.71. The van der Waals surface area contributed by atoms with Crippen LogP contribution in [0, 0.1) is 0 Å². The highest BCUT2D eigenvalue weighted by Gasteiger charge is 2.38. The molecule has 1 heterocycles. The van der Waals surface area contributed by atoms with E-state index in [1.165, 1.54) is 0 Å². The molecule has 0 aromatic heterocycles. The lowest BCUT2D eigenvalue weighted by Crippen LogP contribution is -2.42. The molecule has 0 aromatic rings. The lowest BCUT2D eigenvalue weighted by molar-refractivity contribution is -0.132. The molecular formula is C9H17NO2S. The SMILES string of the molecule is CN(CCO)C(=O)C1(C)CCCS1. The molecule has 4 heteroatoms. The highest BCUT2D eigenvalue weighted by atomic mass is 32.2. The summed E-state index contributed by atoms with van der Waals surface area (Å²) in [5.41, 5.74) is 0. The van der Waals surface area contributed by atoms with Gasteiger partial charge in [-0.2, -0.15) is 0 Å². The van der Waals surface area contributed by atoms with E-state index < -0.39 is 0 Å². The van der Waals surface area contributed by atoms with Crippen LogP contribution >= 0.6 is 11.8 Å². The van der Waals surface area contributed by atoms with E-state index in [-0.39, 0.29) is 17.3 Å². The van der Waals surface area contributed by atoms with Crippen LogP contribution in [0.25, 0.3) is 0 Å². The van der Waals surface area contributed by atoms with Crippen molar-refractivity contribution < 1.29 is 9.90 Å². The Labute approximate surface area is 83.5 Å². The summed E-state index contributed by atoms with van der Waals surface area (Å²) in [6.45, 7) is 2.48. The molecule has 3 nitrogen and oxygen atoms in total. The van der Waals surface area contributed by atoms with E-state index >= 15 is 0 Å². The Kier molecular flexibility index (Phi) is 3.62. The Morgan fingerprint density at radius 3 is 2.85 bits per heavy atom. The number of hydrogen-bond donors (Lipinski definition) is 1. The van der Waals surface area contributed by atoms with Gasteiger partial charge in [0.15, 0.2) is 0 Å². The molecule has 13 heavy (non-hydrogen) atoms. The number of rotatable bonds is 3. The standard InChI is InChI=1S/C9H17NO2S/c1-9(4-3-7-13-9)8(12)10(2)5-6-11/h11H,3-7H2,1-2H3. The summed E-state index contributed by atoms with van der Waals surface area (Å²) in [7, 11) is 1.75.